The number of nitrogens with one attached hydrogen (secondary N) is 2. The van der Waals surface area contributed by atoms with E-state index in [2.05, 4.69) is 22.4 Å². The fraction of sp³-hybridized carbons (Fsp3) is 0.688. The normalized spacial score (nSPS) is 27.1. The smallest absolute Gasteiger partial charge is 0.300 e. The van der Waals surface area contributed by atoms with Gasteiger partial charge in [0, 0.05) is 12.7 Å². The van der Waals surface area contributed by atoms with Crippen molar-refractivity contribution in [3.05, 3.63) is 32.1 Å². The van der Waals surface area contributed by atoms with Crippen molar-refractivity contribution in [1.82, 2.24) is 15.0 Å². The number of nitrogens with zero attached hydrogens (tertiary/aromatic N) is 2. The summed E-state index contributed by atoms with van der Waals surface area (Å²) >= 11 is 0. The van der Waals surface area contributed by atoms with Gasteiger partial charge in [-0.1, -0.05) is 19.8 Å². The molecule has 7 heteroatoms. The minimum atomic E-state index is -0.562. The second kappa shape index (κ2) is 5.96. The molecule has 1 saturated carbocycles. The zero-order valence-corrected chi connectivity index (χ0v) is 13.9. The lowest BCUT2D eigenvalue weighted by Gasteiger charge is -2.32. The zero-order valence-electron chi connectivity index (χ0n) is 13.9. The summed E-state index contributed by atoms with van der Waals surface area (Å²) < 4.78 is 1.41. The lowest BCUT2D eigenvalue weighted by molar-refractivity contribution is -0.0842. The van der Waals surface area contributed by atoms with Gasteiger partial charge in [0.25, 0.3) is 5.56 Å². The van der Waals surface area contributed by atoms with Gasteiger partial charge in [-0.25, -0.2) is 20.1 Å². The van der Waals surface area contributed by atoms with Crippen LogP contribution in [0.4, 0.5) is 0 Å². The van der Waals surface area contributed by atoms with Gasteiger partial charge in [-0.05, 0) is 38.5 Å². The molecule has 3 rings (SSSR count). The fourth-order valence-corrected chi connectivity index (χ4v) is 3.55. The van der Waals surface area contributed by atoms with Crippen molar-refractivity contribution in [2.45, 2.75) is 58.1 Å². The Labute approximate surface area is 134 Å². The number of H-pyrrole nitrogens is 1. The van der Waals surface area contributed by atoms with Crippen LogP contribution in [0.3, 0.4) is 0 Å². The Morgan fingerprint density at radius 3 is 2.70 bits per heavy atom. The highest BCUT2D eigenvalue weighted by atomic mass is 16.7. The van der Waals surface area contributed by atoms with Gasteiger partial charge in [-0.3, -0.25) is 9.78 Å². The van der Waals surface area contributed by atoms with Crippen molar-refractivity contribution < 1.29 is 4.84 Å². The van der Waals surface area contributed by atoms with E-state index < -0.39 is 17.0 Å². The summed E-state index contributed by atoms with van der Waals surface area (Å²) in [5, 5.41) is 0. The molecule has 2 N–H and O–H groups in total. The van der Waals surface area contributed by atoms with Crippen LogP contribution in [0.25, 0.3) is 0 Å². The fourth-order valence-electron chi connectivity index (χ4n) is 3.55. The van der Waals surface area contributed by atoms with E-state index in [1.165, 1.54) is 17.4 Å². The summed E-state index contributed by atoms with van der Waals surface area (Å²) in [6, 6.07) is 0. The Hall–Kier alpha value is -1.89. The first-order chi connectivity index (χ1) is 11.0. The van der Waals surface area contributed by atoms with Crippen LogP contribution in [0, 0.1) is 12.8 Å². The molecule has 1 aliphatic carbocycles. The van der Waals surface area contributed by atoms with E-state index in [1.54, 1.807) is 14.0 Å². The largest absolute Gasteiger partial charge is 0.328 e. The molecule has 0 unspecified atom stereocenters. The molecule has 1 aromatic rings. The van der Waals surface area contributed by atoms with E-state index in [0.717, 1.165) is 31.6 Å². The molecule has 7 nitrogen and oxygen atoms in total. The SMILES string of the molecule is CCCC1CCC2(CC1)N=C(c1c(C)n(C)c(=O)[nH]c1=O)NO2. The van der Waals surface area contributed by atoms with Crippen LogP contribution >= 0.6 is 0 Å². The third kappa shape index (κ3) is 2.85. The molecule has 1 aliphatic heterocycles. The van der Waals surface area contributed by atoms with Crippen LogP contribution in [0.1, 0.15) is 56.7 Å². The van der Waals surface area contributed by atoms with E-state index in [0.29, 0.717) is 17.1 Å². The molecule has 2 heterocycles. The Morgan fingerprint density at radius 1 is 1.35 bits per heavy atom. The summed E-state index contributed by atoms with van der Waals surface area (Å²) in [5.74, 6) is 1.17. The lowest BCUT2D eigenvalue weighted by atomic mass is 9.81. The number of aromatic nitrogens is 2. The van der Waals surface area contributed by atoms with E-state index in [4.69, 9.17) is 4.84 Å². The number of hydrogen-bond donors (Lipinski definition) is 2. The molecule has 2 aliphatic rings. The number of amidine groups is 1. The third-order valence-corrected chi connectivity index (χ3v) is 5.09. The predicted molar refractivity (Wildman–Crippen MR) is 87.4 cm³/mol. The van der Waals surface area contributed by atoms with Gasteiger partial charge in [0.1, 0.15) is 5.56 Å². The van der Waals surface area contributed by atoms with Gasteiger partial charge < -0.3 is 4.57 Å². The highest BCUT2D eigenvalue weighted by Gasteiger charge is 2.41. The molecule has 0 aromatic carbocycles. The maximum atomic E-state index is 12.2. The standard InChI is InChI=1S/C16H24N4O3/c1-4-5-11-6-8-16(9-7-11)18-13(19-23-16)12-10(2)20(3)15(22)17-14(12)21/h11H,4-9H2,1-3H3,(H,18,19)(H,17,21,22). The Kier molecular flexibility index (Phi) is 4.14. The third-order valence-electron chi connectivity index (χ3n) is 5.09. The first-order valence-corrected chi connectivity index (χ1v) is 8.30. The lowest BCUT2D eigenvalue weighted by Crippen LogP contribution is -2.37. The molecular weight excluding hydrogens is 296 g/mol. The van der Waals surface area contributed by atoms with Crippen LogP contribution in [0.5, 0.6) is 0 Å². The van der Waals surface area contributed by atoms with Gasteiger partial charge >= 0.3 is 5.69 Å². The van der Waals surface area contributed by atoms with Crippen molar-refractivity contribution in [2.75, 3.05) is 0 Å². The molecule has 0 amide bonds. The molecule has 1 spiro atoms. The van der Waals surface area contributed by atoms with Crippen molar-refractivity contribution in [1.29, 1.82) is 0 Å². The van der Waals surface area contributed by atoms with Crippen molar-refractivity contribution in [2.24, 2.45) is 18.0 Å². The maximum Gasteiger partial charge on any atom is 0.328 e. The van der Waals surface area contributed by atoms with E-state index in [1.807, 2.05) is 0 Å². The van der Waals surface area contributed by atoms with Gasteiger partial charge in [0.05, 0.1) is 0 Å². The van der Waals surface area contributed by atoms with E-state index in [-0.39, 0.29) is 0 Å². The van der Waals surface area contributed by atoms with Gasteiger partial charge in [0.15, 0.2) is 11.6 Å². The molecule has 126 valence electrons. The Morgan fingerprint density at radius 2 is 2.04 bits per heavy atom. The van der Waals surface area contributed by atoms with Gasteiger partial charge in [-0.15, -0.1) is 0 Å². The van der Waals surface area contributed by atoms with E-state index in [9.17, 15) is 9.59 Å². The minimum absolute atomic E-state index is 0.375. The molecular formula is C16H24N4O3. The monoisotopic (exact) mass is 320 g/mol. The van der Waals surface area contributed by atoms with Crippen LogP contribution in [-0.4, -0.2) is 21.1 Å². The number of hydrogen-bond acceptors (Lipinski definition) is 5. The average molecular weight is 320 g/mol. The van der Waals surface area contributed by atoms with Crippen LogP contribution in [-0.2, 0) is 11.9 Å². The molecule has 0 bridgehead atoms. The Balaban J connectivity index is 1.88. The van der Waals surface area contributed by atoms with Crippen molar-refractivity contribution >= 4 is 5.84 Å². The zero-order chi connectivity index (χ0) is 16.6. The highest BCUT2D eigenvalue weighted by Crippen LogP contribution is 2.39. The summed E-state index contributed by atoms with van der Waals surface area (Å²) in [4.78, 5) is 36.6. The van der Waals surface area contributed by atoms with Gasteiger partial charge in [0.2, 0.25) is 0 Å². The van der Waals surface area contributed by atoms with Gasteiger partial charge in [-0.2, -0.15) is 0 Å². The molecule has 0 radical (unpaired) electrons. The number of rotatable bonds is 3. The van der Waals surface area contributed by atoms with E-state index >= 15 is 0 Å². The Bertz CT molecular complexity index is 739. The van der Waals surface area contributed by atoms with Crippen LogP contribution < -0.4 is 16.7 Å². The average Bonchev–Trinajstić information content (AvgIpc) is 2.92. The molecule has 1 aromatic heterocycles. The summed E-state index contributed by atoms with van der Waals surface area (Å²) in [6.07, 6.45) is 6.36. The second-order valence-electron chi connectivity index (χ2n) is 6.62. The summed E-state index contributed by atoms with van der Waals surface area (Å²) in [6.45, 7) is 3.95. The summed E-state index contributed by atoms with van der Waals surface area (Å²) in [5.41, 5.74) is 2.35. The molecule has 23 heavy (non-hydrogen) atoms. The topological polar surface area (TPSA) is 88.5 Å². The number of hydroxylamine groups is 1. The quantitative estimate of drug-likeness (QED) is 0.880. The molecule has 0 atom stereocenters. The molecule has 1 fully saturated rings. The molecule has 0 saturated heterocycles. The highest BCUT2D eigenvalue weighted by molar-refractivity contribution is 5.99. The first kappa shape index (κ1) is 16.0. The predicted octanol–water partition coefficient (Wildman–Crippen LogP) is 1.35. The van der Waals surface area contributed by atoms with Crippen molar-refractivity contribution in [3.63, 3.8) is 0 Å². The van der Waals surface area contributed by atoms with Crippen molar-refractivity contribution in [3.8, 4) is 0 Å². The first-order valence-electron chi connectivity index (χ1n) is 8.30. The second-order valence-corrected chi connectivity index (χ2v) is 6.62. The van der Waals surface area contributed by atoms with Crippen LogP contribution in [0.15, 0.2) is 14.6 Å². The number of aliphatic imine (C=N–C) groups is 1. The number of aromatic amines is 1. The summed E-state index contributed by atoms with van der Waals surface area (Å²) in [7, 11) is 1.62. The minimum Gasteiger partial charge on any atom is -0.300 e. The van der Waals surface area contributed by atoms with Crippen LogP contribution in [0.2, 0.25) is 0 Å². The maximum absolute atomic E-state index is 12.2.